The molecule has 0 aliphatic carbocycles. The van der Waals surface area contributed by atoms with Crippen LogP contribution >= 0.6 is 0 Å². The molecule has 1 aliphatic rings. The van der Waals surface area contributed by atoms with E-state index in [0.29, 0.717) is 19.4 Å². The second kappa shape index (κ2) is 7.43. The molecule has 1 heterocycles. The van der Waals surface area contributed by atoms with Crippen LogP contribution in [0.3, 0.4) is 0 Å². The summed E-state index contributed by atoms with van der Waals surface area (Å²) in [6.45, 7) is 6.77. The Morgan fingerprint density at radius 1 is 1.22 bits per heavy atom. The van der Waals surface area contributed by atoms with Crippen molar-refractivity contribution < 1.29 is 28.7 Å². The lowest BCUT2D eigenvalue weighted by Gasteiger charge is -2.28. The zero-order chi connectivity index (χ0) is 17.8. The van der Waals surface area contributed by atoms with Gasteiger partial charge < -0.3 is 14.8 Å². The number of nitrogens with one attached hydrogen (secondary N) is 1. The van der Waals surface area contributed by atoms with E-state index in [9.17, 15) is 19.2 Å². The third-order valence-corrected chi connectivity index (χ3v) is 3.31. The van der Waals surface area contributed by atoms with E-state index in [2.05, 4.69) is 10.1 Å². The number of esters is 1. The highest BCUT2D eigenvalue weighted by Crippen LogP contribution is 2.21. The molecule has 1 saturated heterocycles. The summed E-state index contributed by atoms with van der Waals surface area (Å²) < 4.78 is 9.77. The molecule has 0 aromatic rings. The summed E-state index contributed by atoms with van der Waals surface area (Å²) in [5.74, 6) is -1.95. The second-order valence-electron chi connectivity index (χ2n) is 6.41. The van der Waals surface area contributed by atoms with E-state index < -0.39 is 41.4 Å². The molecule has 8 nitrogen and oxygen atoms in total. The van der Waals surface area contributed by atoms with Gasteiger partial charge in [-0.1, -0.05) is 0 Å². The fraction of sp³-hybridized carbons (Fsp3) is 0.733. The summed E-state index contributed by atoms with van der Waals surface area (Å²) >= 11 is 0. The number of Topliss-reactive ketones (excluding diaryl/α,β-unsaturated/α-hetero) is 1. The number of rotatable bonds is 4. The number of ketones is 1. The first-order chi connectivity index (χ1) is 10.6. The Labute approximate surface area is 135 Å². The van der Waals surface area contributed by atoms with Crippen LogP contribution in [-0.2, 0) is 23.9 Å². The smallest absolute Gasteiger partial charge is 0.410 e. The van der Waals surface area contributed by atoms with Crippen LogP contribution in [0.4, 0.5) is 4.79 Å². The van der Waals surface area contributed by atoms with Crippen molar-refractivity contribution in [1.82, 2.24) is 10.2 Å². The van der Waals surface area contributed by atoms with Gasteiger partial charge >= 0.3 is 12.1 Å². The van der Waals surface area contributed by atoms with Gasteiger partial charge in [0.25, 0.3) is 0 Å². The predicted octanol–water partition coefficient (Wildman–Crippen LogP) is 0.633. The van der Waals surface area contributed by atoms with Gasteiger partial charge in [0.2, 0.25) is 5.91 Å². The first-order valence-corrected chi connectivity index (χ1v) is 7.45. The van der Waals surface area contributed by atoms with Gasteiger partial charge in [0.1, 0.15) is 11.6 Å². The molecule has 23 heavy (non-hydrogen) atoms. The molecule has 130 valence electrons. The fourth-order valence-electron chi connectivity index (χ4n) is 2.26. The van der Waals surface area contributed by atoms with Gasteiger partial charge in [-0.15, -0.1) is 0 Å². The first kappa shape index (κ1) is 18.9. The largest absolute Gasteiger partial charge is 0.467 e. The summed E-state index contributed by atoms with van der Waals surface area (Å²) in [5, 5.41) is 2.34. The summed E-state index contributed by atoms with van der Waals surface area (Å²) in [4.78, 5) is 48.8. The summed E-state index contributed by atoms with van der Waals surface area (Å²) in [5.41, 5.74) is -0.672. The number of methoxy groups -OCH3 is 1. The number of carbonyl (C=O) groups is 4. The van der Waals surface area contributed by atoms with E-state index in [1.807, 2.05) is 0 Å². The Hall–Kier alpha value is -2.12. The Bertz CT molecular complexity index is 497. The monoisotopic (exact) mass is 328 g/mol. The van der Waals surface area contributed by atoms with E-state index >= 15 is 0 Å². The number of nitrogens with zero attached hydrogens (tertiary/aromatic N) is 1. The molecule has 1 N–H and O–H groups in total. The van der Waals surface area contributed by atoms with Crippen molar-refractivity contribution in [3.8, 4) is 0 Å². The molecule has 0 radical (unpaired) electrons. The third-order valence-electron chi connectivity index (χ3n) is 3.31. The quantitative estimate of drug-likeness (QED) is 0.600. The average molecular weight is 328 g/mol. The molecule has 0 aromatic carbocycles. The maximum Gasteiger partial charge on any atom is 0.410 e. The Morgan fingerprint density at radius 3 is 2.30 bits per heavy atom. The molecule has 0 saturated carbocycles. The van der Waals surface area contributed by atoms with Gasteiger partial charge in [0.05, 0.1) is 7.11 Å². The van der Waals surface area contributed by atoms with Gasteiger partial charge in [0.15, 0.2) is 11.8 Å². The minimum atomic E-state index is -1.37. The van der Waals surface area contributed by atoms with Gasteiger partial charge in [-0.3, -0.25) is 14.5 Å². The van der Waals surface area contributed by atoms with E-state index in [0.717, 1.165) is 7.11 Å². The summed E-state index contributed by atoms with van der Waals surface area (Å²) in [7, 11) is 1.13. The van der Waals surface area contributed by atoms with Crippen LogP contribution in [0.25, 0.3) is 0 Å². The molecule has 2 amide bonds. The third kappa shape index (κ3) is 5.22. The highest BCUT2D eigenvalue weighted by Gasteiger charge is 2.38. The van der Waals surface area contributed by atoms with Crippen molar-refractivity contribution in [1.29, 1.82) is 0 Å². The fourth-order valence-corrected chi connectivity index (χ4v) is 2.26. The molecule has 8 heteroatoms. The summed E-state index contributed by atoms with van der Waals surface area (Å²) in [6.07, 6.45) is 0.490. The van der Waals surface area contributed by atoms with E-state index in [1.54, 1.807) is 20.8 Å². The normalized spacial score (nSPS) is 19.0. The minimum absolute atomic E-state index is 0.385. The van der Waals surface area contributed by atoms with Crippen molar-refractivity contribution in [2.45, 2.75) is 58.2 Å². The maximum atomic E-state index is 12.3. The highest BCUT2D eigenvalue weighted by atomic mass is 16.6. The Kier molecular flexibility index (Phi) is 6.12. The van der Waals surface area contributed by atoms with Gasteiger partial charge in [0, 0.05) is 6.54 Å². The lowest BCUT2D eigenvalue weighted by atomic mass is 10.1. The SMILES string of the molecule is COC(=O)[C@@H](NC(=O)[C@@H]1CCCN1C(=O)OC(C)(C)C)C(C)=O. The minimum Gasteiger partial charge on any atom is -0.467 e. The van der Waals surface area contributed by atoms with Crippen molar-refractivity contribution in [3.63, 3.8) is 0 Å². The standard InChI is InChI=1S/C15H24N2O6/c1-9(18)11(13(20)22-5)16-12(19)10-7-6-8-17(10)14(21)23-15(2,3)4/h10-11H,6-8H2,1-5H3,(H,16,19)/t10-,11-/m0/s1. The Morgan fingerprint density at radius 2 is 1.83 bits per heavy atom. The Balaban J connectivity index is 2.79. The maximum absolute atomic E-state index is 12.3. The molecule has 1 aliphatic heterocycles. The van der Waals surface area contributed by atoms with Crippen LogP contribution in [0, 0.1) is 0 Å². The number of hydrogen-bond acceptors (Lipinski definition) is 6. The number of hydrogen-bond donors (Lipinski definition) is 1. The molecule has 1 rings (SSSR count). The molecular weight excluding hydrogens is 304 g/mol. The van der Waals surface area contributed by atoms with Crippen LogP contribution < -0.4 is 5.32 Å². The lowest BCUT2D eigenvalue weighted by molar-refractivity contribution is -0.148. The van der Waals surface area contributed by atoms with Gasteiger partial charge in [-0.25, -0.2) is 9.59 Å². The number of ether oxygens (including phenoxy) is 2. The second-order valence-corrected chi connectivity index (χ2v) is 6.41. The lowest BCUT2D eigenvalue weighted by Crippen LogP contribution is -2.53. The van der Waals surface area contributed by atoms with Gasteiger partial charge in [-0.05, 0) is 40.5 Å². The highest BCUT2D eigenvalue weighted by molar-refractivity contribution is 6.05. The van der Waals surface area contributed by atoms with Gasteiger partial charge in [-0.2, -0.15) is 0 Å². The number of amides is 2. The van der Waals surface area contributed by atoms with Crippen molar-refractivity contribution in [3.05, 3.63) is 0 Å². The number of likely N-dealkylation sites (tertiary alicyclic amines) is 1. The van der Waals surface area contributed by atoms with E-state index in [1.165, 1.54) is 11.8 Å². The van der Waals surface area contributed by atoms with Crippen molar-refractivity contribution in [2.75, 3.05) is 13.7 Å². The van der Waals surface area contributed by atoms with Crippen LogP contribution in [0.5, 0.6) is 0 Å². The first-order valence-electron chi connectivity index (χ1n) is 7.45. The molecule has 0 bridgehead atoms. The molecular formula is C15H24N2O6. The van der Waals surface area contributed by atoms with Crippen LogP contribution in [0.1, 0.15) is 40.5 Å². The molecule has 1 fully saturated rings. The zero-order valence-corrected chi connectivity index (χ0v) is 14.2. The zero-order valence-electron chi connectivity index (χ0n) is 14.2. The average Bonchev–Trinajstić information content (AvgIpc) is 2.91. The molecule has 0 spiro atoms. The number of carbonyl (C=O) groups excluding carboxylic acids is 4. The summed E-state index contributed by atoms with van der Waals surface area (Å²) in [6, 6.07) is -2.13. The van der Waals surface area contributed by atoms with Crippen LogP contribution in [0.2, 0.25) is 0 Å². The van der Waals surface area contributed by atoms with E-state index in [-0.39, 0.29) is 0 Å². The van der Waals surface area contributed by atoms with Crippen LogP contribution in [0.15, 0.2) is 0 Å². The van der Waals surface area contributed by atoms with Crippen molar-refractivity contribution >= 4 is 23.8 Å². The topological polar surface area (TPSA) is 102 Å². The van der Waals surface area contributed by atoms with Crippen molar-refractivity contribution in [2.24, 2.45) is 0 Å². The molecule has 2 atom stereocenters. The predicted molar refractivity (Wildman–Crippen MR) is 80.6 cm³/mol. The van der Waals surface area contributed by atoms with Crippen LogP contribution in [-0.4, -0.2) is 60.0 Å². The van der Waals surface area contributed by atoms with E-state index in [4.69, 9.17) is 4.74 Å². The molecule has 0 unspecified atom stereocenters. The molecule has 0 aromatic heterocycles.